The summed E-state index contributed by atoms with van der Waals surface area (Å²) < 4.78 is 0. The number of nitrogens with zero attached hydrogens (tertiary/aromatic N) is 1. The number of hydrogen-bond donors (Lipinski definition) is 0. The van der Waals surface area contributed by atoms with E-state index in [2.05, 4.69) is 19.1 Å². The molecule has 143 valence electrons. The van der Waals surface area contributed by atoms with Crippen molar-refractivity contribution in [3.05, 3.63) is 27.5 Å². The third-order valence-corrected chi connectivity index (χ3v) is 3.64. The fourth-order valence-corrected chi connectivity index (χ4v) is 2.34. The molecule has 0 unspecified atom stereocenters. The third-order valence-electron chi connectivity index (χ3n) is 3.64. The van der Waals surface area contributed by atoms with Crippen LogP contribution in [-0.4, -0.2) is 30.8 Å². The van der Waals surface area contributed by atoms with Crippen LogP contribution in [0, 0.1) is 15.3 Å². The largest absolute Gasteiger partial charge is 2.00 e. The molecule has 0 aliphatic rings. The van der Waals surface area contributed by atoms with Crippen LogP contribution in [0.3, 0.4) is 0 Å². The zero-order chi connectivity index (χ0) is 18.5. The predicted octanol–water partition coefficient (Wildman–Crippen LogP) is 4.15. The van der Waals surface area contributed by atoms with Crippen LogP contribution in [0.15, 0.2) is 12.2 Å². The van der Waals surface area contributed by atoms with Gasteiger partial charge < -0.3 is 25.2 Å². The summed E-state index contributed by atoms with van der Waals surface area (Å²) >= 11 is 0. The number of rotatable bonds is 15. The van der Waals surface area contributed by atoms with Crippen molar-refractivity contribution in [2.45, 2.75) is 96.8 Å². The number of carboxylic acids is 1. The Bertz CT molecular complexity index is 321. The Balaban J connectivity index is -0.000000867. The maximum absolute atomic E-state index is 10.2. The van der Waals surface area contributed by atoms with Crippen LogP contribution in [0.5, 0.6) is 0 Å². The van der Waals surface area contributed by atoms with Gasteiger partial charge in [0.15, 0.2) is 0 Å². The summed E-state index contributed by atoms with van der Waals surface area (Å²) in [5.41, 5.74) is 0. The molecule has 0 bridgehead atoms. The number of unbranched alkanes of at least 4 members (excludes halogenated alkanes) is 11. The summed E-state index contributed by atoms with van der Waals surface area (Å²) in [5.74, 6) is -0.914. The molecule has 0 N–H and O–H groups in total. The number of hydrogen-bond acceptors (Lipinski definition) is 5. The van der Waals surface area contributed by atoms with E-state index in [1.54, 1.807) is 0 Å². The van der Waals surface area contributed by atoms with Crippen molar-refractivity contribution in [3.63, 3.8) is 0 Å². The van der Waals surface area contributed by atoms with Crippen molar-refractivity contribution in [1.29, 1.82) is 0 Å². The van der Waals surface area contributed by atoms with Crippen molar-refractivity contribution in [3.8, 4) is 0 Å². The zero-order valence-electron chi connectivity index (χ0n) is 15.6. The van der Waals surface area contributed by atoms with Gasteiger partial charge in [-0.15, -0.1) is 0 Å². The Hall–Kier alpha value is -0.954. The van der Waals surface area contributed by atoms with Gasteiger partial charge in [-0.25, -0.2) is 0 Å². The molecular weight excluding hydrogens is 380 g/mol. The molecule has 0 saturated carbocycles. The van der Waals surface area contributed by atoms with Gasteiger partial charge >= 0.3 is 19.8 Å². The van der Waals surface area contributed by atoms with Gasteiger partial charge in [0.25, 0.3) is 0 Å². The molecule has 0 aromatic carbocycles. The molecule has 0 atom stereocenters. The molecule has 25 heavy (non-hydrogen) atoms. The van der Waals surface area contributed by atoms with Crippen LogP contribution < -0.4 is 5.11 Å². The number of carbonyl (C=O) groups is 1. The van der Waals surface area contributed by atoms with Gasteiger partial charge in [0, 0.05) is 5.97 Å². The monoisotopic (exact) mass is 412 g/mol. The molecule has 0 amide bonds. The standard InChI is InChI=1S/C18H34O2.Ga.NO3/c1-2-3-4-5-6-7-8-9-10-11-12-13-14-15-16-17-18(19)20;;2-1(3)4/h9-10H,2-8,11-17H2,1H3,(H,19,20);;/q;+2;-1/p-1/b10-9-;;. The summed E-state index contributed by atoms with van der Waals surface area (Å²) in [6.07, 6.45) is 20.9. The number of carboxylic acid groups (broad SMARTS) is 1. The first kappa shape index (κ1) is 28.8. The first-order valence-corrected chi connectivity index (χ1v) is 9.17. The Labute approximate surface area is 165 Å². The van der Waals surface area contributed by atoms with Crippen LogP contribution in [-0.2, 0) is 4.79 Å². The van der Waals surface area contributed by atoms with Crippen LogP contribution in [0.25, 0.3) is 0 Å². The van der Waals surface area contributed by atoms with E-state index in [4.69, 9.17) is 15.3 Å². The normalized spacial score (nSPS) is 9.96. The molecule has 0 fully saturated rings. The van der Waals surface area contributed by atoms with Gasteiger partial charge in [0.05, 0.1) is 5.09 Å². The third kappa shape index (κ3) is 39.6. The van der Waals surface area contributed by atoms with E-state index in [1.165, 1.54) is 64.2 Å². The fraction of sp³-hybridized carbons (Fsp3) is 0.833. The first-order valence-electron chi connectivity index (χ1n) is 9.17. The van der Waals surface area contributed by atoms with E-state index in [1.807, 2.05) is 0 Å². The Morgan fingerprint density at radius 2 is 1.16 bits per heavy atom. The van der Waals surface area contributed by atoms with E-state index < -0.39 is 11.1 Å². The van der Waals surface area contributed by atoms with Crippen LogP contribution in [0.4, 0.5) is 0 Å². The van der Waals surface area contributed by atoms with Gasteiger partial charge in [-0.05, 0) is 38.5 Å². The molecule has 0 rings (SSSR count). The maximum Gasteiger partial charge on any atom is 2.00 e. The Morgan fingerprint density at radius 3 is 1.56 bits per heavy atom. The van der Waals surface area contributed by atoms with E-state index >= 15 is 0 Å². The minimum absolute atomic E-state index is 0. The summed E-state index contributed by atoms with van der Waals surface area (Å²) in [6, 6.07) is 0. The fourth-order valence-electron chi connectivity index (χ4n) is 2.34. The molecule has 6 nitrogen and oxygen atoms in total. The molecule has 0 saturated heterocycles. The van der Waals surface area contributed by atoms with Crippen LogP contribution in [0.2, 0.25) is 0 Å². The van der Waals surface area contributed by atoms with Crippen LogP contribution >= 0.6 is 0 Å². The summed E-state index contributed by atoms with van der Waals surface area (Å²) in [6.45, 7) is 2.26. The molecule has 0 aromatic rings. The van der Waals surface area contributed by atoms with E-state index in [0.717, 1.165) is 19.3 Å². The van der Waals surface area contributed by atoms with E-state index in [-0.39, 0.29) is 26.2 Å². The van der Waals surface area contributed by atoms with Crippen molar-refractivity contribution in [2.24, 2.45) is 0 Å². The molecule has 0 heterocycles. The summed E-state index contributed by atoms with van der Waals surface area (Å²) in [7, 11) is 0. The number of allylic oxidation sites excluding steroid dienone is 2. The second-order valence-corrected chi connectivity index (χ2v) is 5.93. The van der Waals surface area contributed by atoms with Crippen molar-refractivity contribution in [1.82, 2.24) is 0 Å². The summed E-state index contributed by atoms with van der Waals surface area (Å²) in [4.78, 5) is 18.5. The van der Waals surface area contributed by atoms with Gasteiger partial charge in [-0.3, -0.25) is 0 Å². The number of aliphatic carboxylic acids is 1. The molecule has 0 aromatic heterocycles. The minimum atomic E-state index is -1.75. The molecule has 7 heteroatoms. The Kier molecular flexibility index (Phi) is 29.2. The minimum Gasteiger partial charge on any atom is -0.550 e. The van der Waals surface area contributed by atoms with Gasteiger partial charge in [-0.2, -0.15) is 0 Å². The van der Waals surface area contributed by atoms with Gasteiger partial charge in [0.2, 0.25) is 0 Å². The summed E-state index contributed by atoms with van der Waals surface area (Å²) in [5, 5.41) is 25.0. The predicted molar refractivity (Wildman–Crippen MR) is 101 cm³/mol. The first-order chi connectivity index (χ1) is 11.5. The smallest absolute Gasteiger partial charge is 0.550 e. The zero-order valence-corrected chi connectivity index (χ0v) is 18.0. The van der Waals surface area contributed by atoms with Crippen LogP contribution in [0.1, 0.15) is 96.8 Å². The SMILES string of the molecule is CCCCCCCC/C=C\CCCCCCCC(=O)[O-].O=[N+]([O-])[O-].[Ga+2]. The van der Waals surface area contributed by atoms with Crippen molar-refractivity contribution < 1.29 is 15.0 Å². The van der Waals surface area contributed by atoms with E-state index in [9.17, 15) is 9.90 Å². The number of carbonyl (C=O) groups excluding carboxylic acids is 1. The van der Waals surface area contributed by atoms with Gasteiger partial charge in [-0.1, -0.05) is 70.4 Å². The molecule has 0 aliphatic heterocycles. The van der Waals surface area contributed by atoms with Crippen molar-refractivity contribution in [2.75, 3.05) is 0 Å². The second kappa shape index (κ2) is 25.3. The molecule has 1 radical (unpaired) electrons. The maximum atomic E-state index is 10.2. The molecular formula is C18H33GaNO5. The average molecular weight is 413 g/mol. The molecule has 0 spiro atoms. The topological polar surface area (TPSA) is 106 Å². The Morgan fingerprint density at radius 1 is 0.800 bits per heavy atom. The van der Waals surface area contributed by atoms with E-state index in [0.29, 0.717) is 0 Å². The van der Waals surface area contributed by atoms with Crippen molar-refractivity contribution >= 4 is 25.8 Å². The average Bonchev–Trinajstić information content (AvgIpc) is 2.50. The molecule has 0 aliphatic carbocycles. The quantitative estimate of drug-likeness (QED) is 0.132. The second-order valence-electron chi connectivity index (χ2n) is 5.93. The van der Waals surface area contributed by atoms with Gasteiger partial charge in [0.1, 0.15) is 0 Å².